The third-order valence-electron chi connectivity index (χ3n) is 5.00. The van der Waals surface area contributed by atoms with E-state index in [0.717, 1.165) is 29.0 Å². The Morgan fingerprint density at radius 2 is 2.22 bits per heavy atom. The molecule has 0 spiro atoms. The smallest absolute Gasteiger partial charge is 0.252 e. The lowest BCUT2D eigenvalue weighted by atomic mass is 9.83. The Hall–Kier alpha value is -2.34. The summed E-state index contributed by atoms with van der Waals surface area (Å²) in [6, 6.07) is 7.47. The van der Waals surface area contributed by atoms with Crippen molar-refractivity contribution in [3.63, 3.8) is 0 Å². The molecule has 1 aromatic heterocycles. The van der Waals surface area contributed by atoms with Gasteiger partial charge < -0.3 is 10.4 Å². The number of hydrogen-bond donors (Lipinski definition) is 2. The van der Waals surface area contributed by atoms with Crippen LogP contribution < -0.4 is 5.32 Å². The summed E-state index contributed by atoms with van der Waals surface area (Å²) in [6.07, 6.45) is 4.18. The minimum atomic E-state index is -2.66. The molecule has 0 saturated carbocycles. The molecule has 0 fully saturated rings. The van der Waals surface area contributed by atoms with Crippen LogP contribution >= 0.6 is 0 Å². The highest BCUT2D eigenvalue weighted by atomic mass is 19.3. The van der Waals surface area contributed by atoms with Gasteiger partial charge in [0.2, 0.25) is 5.92 Å². The van der Waals surface area contributed by atoms with Gasteiger partial charge in [0.25, 0.3) is 5.91 Å². The molecule has 1 aromatic carbocycles. The summed E-state index contributed by atoms with van der Waals surface area (Å²) in [6.45, 7) is 2.76. The van der Waals surface area contributed by atoms with Gasteiger partial charge in [-0.15, -0.1) is 0 Å². The summed E-state index contributed by atoms with van der Waals surface area (Å²) in [5, 5.41) is 12.8. The second-order valence-corrected chi connectivity index (χ2v) is 7.32. The van der Waals surface area contributed by atoms with Gasteiger partial charge in [-0.2, -0.15) is 0 Å². The van der Waals surface area contributed by atoms with E-state index in [1.54, 1.807) is 13.0 Å². The standard InChI is InChI=1S/C21H24F2N2O2/c1-13(26)11-25-20(27)16-10-15-4-3-5-18(19(15)24-12-16)14-6-8-17(9-7-14)21(2,22)23/h3-6,10,12-13,17,26H,7-9,11H2,1-2H3,(H,25,27)/t13-,17?/m1/s1. The Balaban J connectivity index is 1.86. The predicted octanol–water partition coefficient (Wildman–Crippen LogP) is 4.18. The number of carbonyl (C=O) groups is 1. The maximum atomic E-state index is 13.5. The Morgan fingerprint density at radius 3 is 2.85 bits per heavy atom. The summed E-state index contributed by atoms with van der Waals surface area (Å²) in [4.78, 5) is 16.6. The van der Waals surface area contributed by atoms with E-state index in [1.807, 2.05) is 24.3 Å². The van der Waals surface area contributed by atoms with Gasteiger partial charge in [-0.25, -0.2) is 8.78 Å². The van der Waals surface area contributed by atoms with Crippen LogP contribution in [0.25, 0.3) is 16.5 Å². The largest absolute Gasteiger partial charge is 0.392 e. The number of benzene rings is 1. The van der Waals surface area contributed by atoms with E-state index in [2.05, 4.69) is 10.3 Å². The summed E-state index contributed by atoms with van der Waals surface area (Å²) < 4.78 is 27.1. The fourth-order valence-electron chi connectivity index (χ4n) is 3.43. The number of pyridine rings is 1. The molecular formula is C21H24F2N2O2. The SMILES string of the molecule is C[C@@H](O)CNC(=O)c1cnc2c(C3=CCC(C(C)(F)F)CC3)cccc2c1. The molecule has 0 saturated heterocycles. The van der Waals surface area contributed by atoms with Gasteiger partial charge in [-0.05, 0) is 44.7 Å². The molecule has 144 valence electrons. The molecular weight excluding hydrogens is 350 g/mol. The highest BCUT2D eigenvalue weighted by molar-refractivity contribution is 5.99. The number of nitrogens with one attached hydrogen (secondary N) is 1. The maximum Gasteiger partial charge on any atom is 0.252 e. The van der Waals surface area contributed by atoms with Gasteiger partial charge in [0, 0.05) is 29.6 Å². The second kappa shape index (κ2) is 7.72. The Labute approximate surface area is 157 Å². The van der Waals surface area contributed by atoms with Crippen LogP contribution in [0.3, 0.4) is 0 Å². The lowest BCUT2D eigenvalue weighted by Crippen LogP contribution is -2.30. The fraction of sp³-hybridized carbons (Fsp3) is 0.429. The highest BCUT2D eigenvalue weighted by Crippen LogP contribution is 2.39. The topological polar surface area (TPSA) is 62.2 Å². The number of para-hydroxylation sites is 1. The number of hydrogen-bond acceptors (Lipinski definition) is 3. The van der Waals surface area contributed by atoms with Crippen molar-refractivity contribution in [3.05, 3.63) is 47.7 Å². The van der Waals surface area contributed by atoms with Crippen LogP contribution in [0, 0.1) is 5.92 Å². The number of carbonyl (C=O) groups excluding carboxylic acids is 1. The van der Waals surface area contributed by atoms with Crippen molar-refractivity contribution in [1.29, 1.82) is 0 Å². The third kappa shape index (κ3) is 4.50. The van der Waals surface area contributed by atoms with Gasteiger partial charge in [-0.3, -0.25) is 9.78 Å². The number of fused-ring (bicyclic) bond motifs is 1. The zero-order valence-electron chi connectivity index (χ0n) is 15.5. The quantitative estimate of drug-likeness (QED) is 0.825. The maximum absolute atomic E-state index is 13.5. The molecule has 2 N–H and O–H groups in total. The van der Waals surface area contributed by atoms with Crippen LogP contribution in [0.2, 0.25) is 0 Å². The lowest BCUT2D eigenvalue weighted by Gasteiger charge is -2.27. The van der Waals surface area contributed by atoms with Crippen LogP contribution in [0.1, 0.15) is 49.0 Å². The van der Waals surface area contributed by atoms with E-state index in [-0.39, 0.29) is 12.5 Å². The van der Waals surface area contributed by atoms with E-state index in [0.29, 0.717) is 24.8 Å². The van der Waals surface area contributed by atoms with Crippen LogP contribution in [-0.2, 0) is 0 Å². The highest BCUT2D eigenvalue weighted by Gasteiger charge is 2.34. The Bertz CT molecular complexity index is 872. The molecule has 0 radical (unpaired) electrons. The summed E-state index contributed by atoms with van der Waals surface area (Å²) >= 11 is 0. The number of aliphatic hydroxyl groups is 1. The summed E-state index contributed by atoms with van der Waals surface area (Å²) in [5.41, 5.74) is 3.14. The number of alkyl halides is 2. The molecule has 4 nitrogen and oxygen atoms in total. The molecule has 2 atom stereocenters. The first-order chi connectivity index (χ1) is 12.8. The van der Waals surface area contributed by atoms with Crippen LogP contribution in [0.15, 0.2) is 36.5 Å². The Kier molecular flexibility index (Phi) is 5.56. The molecule has 3 rings (SSSR count). The lowest BCUT2D eigenvalue weighted by molar-refractivity contribution is -0.0421. The summed E-state index contributed by atoms with van der Waals surface area (Å²) in [5.74, 6) is -3.57. The van der Waals surface area contributed by atoms with Crippen molar-refractivity contribution in [2.24, 2.45) is 5.92 Å². The number of aromatic nitrogens is 1. The number of aliphatic hydroxyl groups excluding tert-OH is 1. The number of amides is 1. The molecule has 6 heteroatoms. The van der Waals surface area contributed by atoms with Crippen LogP contribution in [-0.4, -0.2) is 34.6 Å². The fourth-order valence-corrected chi connectivity index (χ4v) is 3.43. The van der Waals surface area contributed by atoms with Gasteiger partial charge in [0.1, 0.15) is 0 Å². The van der Waals surface area contributed by atoms with Gasteiger partial charge >= 0.3 is 0 Å². The monoisotopic (exact) mass is 374 g/mol. The zero-order valence-corrected chi connectivity index (χ0v) is 15.5. The Morgan fingerprint density at radius 1 is 1.44 bits per heavy atom. The molecule has 0 bridgehead atoms. The zero-order chi connectivity index (χ0) is 19.6. The predicted molar refractivity (Wildman–Crippen MR) is 102 cm³/mol. The average Bonchev–Trinajstić information content (AvgIpc) is 2.64. The first kappa shape index (κ1) is 19.4. The van der Waals surface area contributed by atoms with Crippen molar-refractivity contribution in [2.75, 3.05) is 6.54 Å². The molecule has 1 aliphatic carbocycles. The minimum Gasteiger partial charge on any atom is -0.392 e. The third-order valence-corrected chi connectivity index (χ3v) is 5.00. The number of nitrogens with zero attached hydrogens (tertiary/aromatic N) is 1. The van der Waals surface area contributed by atoms with Crippen LogP contribution in [0.4, 0.5) is 8.78 Å². The molecule has 1 amide bonds. The van der Waals surface area contributed by atoms with Crippen molar-refractivity contribution < 1.29 is 18.7 Å². The average molecular weight is 374 g/mol. The van der Waals surface area contributed by atoms with Crippen molar-refractivity contribution in [2.45, 2.75) is 45.1 Å². The van der Waals surface area contributed by atoms with Crippen molar-refractivity contribution in [3.8, 4) is 0 Å². The van der Waals surface area contributed by atoms with E-state index in [1.165, 1.54) is 6.20 Å². The molecule has 1 aliphatic rings. The van der Waals surface area contributed by atoms with Crippen molar-refractivity contribution in [1.82, 2.24) is 10.3 Å². The van der Waals surface area contributed by atoms with E-state index in [4.69, 9.17) is 0 Å². The summed E-state index contributed by atoms with van der Waals surface area (Å²) in [7, 11) is 0. The first-order valence-corrected chi connectivity index (χ1v) is 9.18. The van der Waals surface area contributed by atoms with E-state index in [9.17, 15) is 18.7 Å². The second-order valence-electron chi connectivity index (χ2n) is 7.32. The van der Waals surface area contributed by atoms with Crippen LogP contribution in [0.5, 0.6) is 0 Å². The molecule has 0 aliphatic heterocycles. The van der Waals surface area contributed by atoms with Gasteiger partial charge in [0.05, 0.1) is 17.2 Å². The normalized spacial score (nSPS) is 18.9. The van der Waals surface area contributed by atoms with Gasteiger partial charge in [-0.1, -0.05) is 24.3 Å². The van der Waals surface area contributed by atoms with Crippen molar-refractivity contribution >= 4 is 22.4 Å². The number of allylic oxidation sites excluding steroid dienone is 2. The first-order valence-electron chi connectivity index (χ1n) is 9.18. The van der Waals surface area contributed by atoms with E-state index >= 15 is 0 Å². The molecule has 1 heterocycles. The number of rotatable bonds is 5. The molecule has 27 heavy (non-hydrogen) atoms. The minimum absolute atomic E-state index is 0.174. The van der Waals surface area contributed by atoms with Gasteiger partial charge in [0.15, 0.2) is 0 Å². The molecule has 1 unspecified atom stereocenters. The molecule has 2 aromatic rings. The van der Waals surface area contributed by atoms with E-state index < -0.39 is 17.9 Å². The number of halogens is 2.